The van der Waals surface area contributed by atoms with Gasteiger partial charge in [-0.05, 0) is 40.2 Å². The lowest BCUT2D eigenvalue weighted by molar-refractivity contribution is 0.0713. The monoisotopic (exact) mass is 349 g/mol. The molecule has 0 saturated carbocycles. The molecule has 1 aromatic carbocycles. The van der Waals surface area contributed by atoms with Crippen LogP contribution >= 0.6 is 15.9 Å². The Morgan fingerprint density at radius 2 is 1.81 bits per heavy atom. The number of rotatable bonds is 2. The van der Waals surface area contributed by atoms with Crippen molar-refractivity contribution in [2.45, 2.75) is 0 Å². The van der Waals surface area contributed by atoms with E-state index >= 15 is 0 Å². The molecule has 2 N–H and O–H groups in total. The molecule has 0 atom stereocenters. The molecular formula is C15H16BrN3O2. The van der Waals surface area contributed by atoms with Crippen LogP contribution in [0.1, 0.15) is 10.6 Å². The molecule has 21 heavy (non-hydrogen) atoms. The lowest BCUT2D eigenvalue weighted by Gasteiger charge is -2.36. The van der Waals surface area contributed by atoms with E-state index in [4.69, 9.17) is 10.2 Å². The maximum Gasteiger partial charge on any atom is 0.289 e. The summed E-state index contributed by atoms with van der Waals surface area (Å²) < 4.78 is 5.89. The third-order valence-electron chi connectivity index (χ3n) is 3.63. The lowest BCUT2D eigenvalue weighted by Crippen LogP contribution is -2.48. The number of nitrogen functional groups attached to an aromatic ring is 1. The lowest BCUT2D eigenvalue weighted by atomic mass is 10.2. The fourth-order valence-electron chi connectivity index (χ4n) is 2.51. The summed E-state index contributed by atoms with van der Waals surface area (Å²) in [5.41, 5.74) is 7.80. The van der Waals surface area contributed by atoms with E-state index in [-0.39, 0.29) is 5.91 Å². The van der Waals surface area contributed by atoms with Gasteiger partial charge in [-0.1, -0.05) is 12.1 Å². The minimum absolute atomic E-state index is 0.0682. The molecule has 1 aliphatic rings. The van der Waals surface area contributed by atoms with Crippen LogP contribution in [0.4, 0.5) is 11.4 Å². The van der Waals surface area contributed by atoms with Gasteiger partial charge in [-0.2, -0.15) is 0 Å². The maximum absolute atomic E-state index is 12.3. The fourth-order valence-corrected chi connectivity index (χ4v) is 2.82. The summed E-state index contributed by atoms with van der Waals surface area (Å²) in [5, 5.41) is 0. The van der Waals surface area contributed by atoms with Gasteiger partial charge in [0.25, 0.3) is 5.91 Å². The van der Waals surface area contributed by atoms with Gasteiger partial charge in [0.05, 0.1) is 11.4 Å². The van der Waals surface area contributed by atoms with Crippen molar-refractivity contribution in [3.63, 3.8) is 0 Å². The van der Waals surface area contributed by atoms with Gasteiger partial charge in [0.2, 0.25) is 0 Å². The number of carbonyl (C=O) groups excluding carboxylic acids is 1. The fraction of sp³-hybridized carbons (Fsp3) is 0.267. The van der Waals surface area contributed by atoms with Gasteiger partial charge in [-0.15, -0.1) is 0 Å². The summed E-state index contributed by atoms with van der Waals surface area (Å²) in [7, 11) is 0. The van der Waals surface area contributed by atoms with Crippen LogP contribution in [-0.2, 0) is 0 Å². The van der Waals surface area contributed by atoms with Gasteiger partial charge >= 0.3 is 0 Å². The van der Waals surface area contributed by atoms with Gasteiger partial charge in [-0.25, -0.2) is 0 Å². The van der Waals surface area contributed by atoms with Crippen molar-refractivity contribution in [3.8, 4) is 0 Å². The second kappa shape index (κ2) is 5.81. The molecule has 6 heteroatoms. The van der Waals surface area contributed by atoms with Crippen LogP contribution in [0.15, 0.2) is 45.5 Å². The third kappa shape index (κ3) is 2.90. The van der Waals surface area contributed by atoms with E-state index in [2.05, 4.69) is 20.8 Å². The molecule has 0 spiro atoms. The Balaban J connectivity index is 1.65. The number of benzene rings is 1. The van der Waals surface area contributed by atoms with Crippen LogP contribution in [0.2, 0.25) is 0 Å². The molecule has 0 aliphatic carbocycles. The molecular weight excluding hydrogens is 334 g/mol. The molecule has 0 bridgehead atoms. The van der Waals surface area contributed by atoms with E-state index in [0.717, 1.165) is 24.5 Å². The van der Waals surface area contributed by atoms with E-state index in [0.29, 0.717) is 23.5 Å². The van der Waals surface area contributed by atoms with Gasteiger partial charge < -0.3 is 20.0 Å². The van der Waals surface area contributed by atoms with Crippen molar-refractivity contribution < 1.29 is 9.21 Å². The molecule has 0 radical (unpaired) electrons. The molecule has 2 heterocycles. The SMILES string of the molecule is Nc1ccccc1N1CCN(C(=O)c2ccc(Br)o2)CC1. The molecule has 1 fully saturated rings. The van der Waals surface area contributed by atoms with Crippen LogP contribution in [0.25, 0.3) is 0 Å². The third-order valence-corrected chi connectivity index (χ3v) is 4.05. The predicted molar refractivity (Wildman–Crippen MR) is 85.4 cm³/mol. The maximum atomic E-state index is 12.3. The summed E-state index contributed by atoms with van der Waals surface area (Å²) in [4.78, 5) is 16.3. The minimum atomic E-state index is -0.0682. The molecule has 1 saturated heterocycles. The Morgan fingerprint density at radius 3 is 2.43 bits per heavy atom. The molecule has 0 unspecified atom stereocenters. The Morgan fingerprint density at radius 1 is 1.10 bits per heavy atom. The highest BCUT2D eigenvalue weighted by atomic mass is 79.9. The number of halogens is 1. The number of furan rings is 1. The Bertz CT molecular complexity index is 648. The first-order valence-corrected chi connectivity index (χ1v) is 7.58. The van der Waals surface area contributed by atoms with Crippen molar-refractivity contribution >= 4 is 33.2 Å². The normalized spacial score (nSPS) is 15.3. The van der Waals surface area contributed by atoms with Crippen LogP contribution in [0.3, 0.4) is 0 Å². The molecule has 1 aliphatic heterocycles. The molecule has 1 aromatic heterocycles. The average Bonchev–Trinajstić information content (AvgIpc) is 2.94. The van der Waals surface area contributed by atoms with E-state index in [1.54, 1.807) is 17.0 Å². The van der Waals surface area contributed by atoms with Crippen molar-refractivity contribution in [3.05, 3.63) is 46.8 Å². The Hall–Kier alpha value is -1.95. The summed E-state index contributed by atoms with van der Waals surface area (Å²) in [6.07, 6.45) is 0. The van der Waals surface area contributed by atoms with Crippen molar-refractivity contribution in [2.75, 3.05) is 36.8 Å². The van der Waals surface area contributed by atoms with E-state index < -0.39 is 0 Å². The quantitative estimate of drug-likeness (QED) is 0.846. The second-order valence-electron chi connectivity index (χ2n) is 4.94. The van der Waals surface area contributed by atoms with Gasteiger partial charge in [-0.3, -0.25) is 4.79 Å². The number of anilines is 2. The number of carbonyl (C=O) groups is 1. The predicted octanol–water partition coefficient (Wildman–Crippen LogP) is 2.59. The summed E-state index contributed by atoms with van der Waals surface area (Å²) in [6.45, 7) is 2.85. The zero-order valence-electron chi connectivity index (χ0n) is 11.5. The summed E-state index contributed by atoms with van der Waals surface area (Å²) in [5.74, 6) is 0.302. The van der Waals surface area contributed by atoms with Gasteiger partial charge in [0.15, 0.2) is 10.4 Å². The van der Waals surface area contributed by atoms with Crippen LogP contribution in [0, 0.1) is 0 Å². The largest absolute Gasteiger partial charge is 0.444 e. The summed E-state index contributed by atoms with van der Waals surface area (Å²) in [6, 6.07) is 11.2. The Labute approximate surface area is 131 Å². The van der Waals surface area contributed by atoms with E-state index in [1.807, 2.05) is 24.3 Å². The number of hydrogen-bond donors (Lipinski definition) is 1. The average molecular weight is 350 g/mol. The molecule has 1 amide bonds. The van der Waals surface area contributed by atoms with Crippen LogP contribution in [0.5, 0.6) is 0 Å². The minimum Gasteiger partial charge on any atom is -0.444 e. The zero-order valence-corrected chi connectivity index (χ0v) is 13.0. The number of piperazine rings is 1. The highest BCUT2D eigenvalue weighted by Crippen LogP contribution is 2.24. The topological polar surface area (TPSA) is 62.7 Å². The Kier molecular flexibility index (Phi) is 3.88. The standard InChI is InChI=1S/C15H16BrN3O2/c16-14-6-5-13(21-14)15(20)19-9-7-18(8-10-19)12-4-2-1-3-11(12)17/h1-6H,7-10,17H2. The molecule has 2 aromatic rings. The van der Waals surface area contributed by atoms with E-state index in [9.17, 15) is 4.79 Å². The summed E-state index contributed by atoms with van der Waals surface area (Å²) >= 11 is 3.21. The first-order valence-electron chi connectivity index (χ1n) is 6.79. The number of hydrogen-bond acceptors (Lipinski definition) is 4. The number of nitrogens with two attached hydrogens (primary N) is 1. The van der Waals surface area contributed by atoms with Gasteiger partial charge in [0.1, 0.15) is 0 Å². The van der Waals surface area contributed by atoms with Crippen LogP contribution in [-0.4, -0.2) is 37.0 Å². The highest BCUT2D eigenvalue weighted by Gasteiger charge is 2.24. The molecule has 110 valence electrons. The van der Waals surface area contributed by atoms with Gasteiger partial charge in [0, 0.05) is 26.2 Å². The first-order chi connectivity index (χ1) is 10.1. The molecule has 3 rings (SSSR count). The first kappa shape index (κ1) is 14.0. The number of amides is 1. The van der Waals surface area contributed by atoms with Crippen molar-refractivity contribution in [1.29, 1.82) is 0 Å². The zero-order chi connectivity index (χ0) is 14.8. The van der Waals surface area contributed by atoms with Crippen molar-refractivity contribution in [2.24, 2.45) is 0 Å². The number of nitrogens with zero attached hydrogens (tertiary/aromatic N) is 2. The van der Waals surface area contributed by atoms with E-state index in [1.165, 1.54) is 0 Å². The smallest absolute Gasteiger partial charge is 0.289 e. The second-order valence-corrected chi connectivity index (χ2v) is 5.72. The number of para-hydroxylation sites is 2. The van der Waals surface area contributed by atoms with Crippen LogP contribution < -0.4 is 10.6 Å². The highest BCUT2D eigenvalue weighted by molar-refractivity contribution is 9.10. The van der Waals surface area contributed by atoms with Crippen molar-refractivity contribution in [1.82, 2.24) is 4.90 Å². The molecule has 5 nitrogen and oxygen atoms in total.